The molecule has 1 aromatic rings. The fraction of sp³-hybridized carbons (Fsp3) is 0.111. The molecule has 0 radical (unpaired) electrons. The van der Waals surface area contributed by atoms with Crippen LogP contribution in [0.5, 0.6) is 0 Å². The molecule has 0 unspecified atom stereocenters. The number of carbonyl (C=O) groups excluding carboxylic acids is 2. The summed E-state index contributed by atoms with van der Waals surface area (Å²) in [7, 11) is 0. The van der Waals surface area contributed by atoms with Gasteiger partial charge in [0, 0.05) is 28.3 Å². The van der Waals surface area contributed by atoms with Gasteiger partial charge in [-0.25, -0.2) is 0 Å². The average Bonchev–Trinajstić information content (AvgIpc) is 2.25. The normalized spacial score (nSPS) is 9.88. The van der Waals surface area contributed by atoms with Crippen molar-refractivity contribution in [2.24, 2.45) is 0 Å². The van der Waals surface area contributed by atoms with E-state index in [1.54, 1.807) is 0 Å². The lowest BCUT2D eigenvalue weighted by atomic mass is 10.2. The molecule has 7 nitrogen and oxygen atoms in total. The Hall–Kier alpha value is -2.09. The number of non-ortho nitro benzene ring substituents is 1. The summed E-state index contributed by atoms with van der Waals surface area (Å²) < 4.78 is 0. The van der Waals surface area contributed by atoms with Crippen molar-refractivity contribution in [2.45, 2.75) is 4.90 Å². The summed E-state index contributed by atoms with van der Waals surface area (Å²) in [5, 5.41) is 31.4. The molecule has 0 aromatic heterocycles. The highest BCUT2D eigenvalue weighted by Crippen LogP contribution is 2.26. The second-order valence-corrected chi connectivity index (χ2v) is 3.90. The van der Waals surface area contributed by atoms with E-state index >= 15 is 0 Å². The van der Waals surface area contributed by atoms with Crippen molar-refractivity contribution in [3.63, 3.8) is 0 Å². The zero-order valence-electron chi connectivity index (χ0n) is 8.24. The Morgan fingerprint density at radius 2 is 1.94 bits per heavy atom. The van der Waals surface area contributed by atoms with Gasteiger partial charge in [0.2, 0.25) is 0 Å². The smallest absolute Gasteiger partial charge is 0.270 e. The molecular formula is C9H5NO6S-2. The minimum Gasteiger partial charge on any atom is -0.549 e. The number of nitro benzene ring substituents is 1. The Morgan fingerprint density at radius 3 is 2.41 bits per heavy atom. The molecule has 1 rings (SSSR count). The minimum atomic E-state index is -1.60. The summed E-state index contributed by atoms with van der Waals surface area (Å²) in [5.41, 5.74) is -0.813. The number of carboxylic acids is 2. The fourth-order valence-corrected chi connectivity index (χ4v) is 1.79. The van der Waals surface area contributed by atoms with Crippen LogP contribution in [-0.2, 0) is 4.79 Å². The number of rotatable bonds is 5. The largest absolute Gasteiger partial charge is 0.549 e. The minimum absolute atomic E-state index is 0.0831. The maximum atomic E-state index is 10.7. The second-order valence-electron chi connectivity index (χ2n) is 2.89. The van der Waals surface area contributed by atoms with Gasteiger partial charge in [-0.2, -0.15) is 0 Å². The molecule has 0 N–H and O–H groups in total. The van der Waals surface area contributed by atoms with Crippen LogP contribution in [0.1, 0.15) is 10.4 Å². The van der Waals surface area contributed by atoms with Crippen LogP contribution in [0.2, 0.25) is 0 Å². The van der Waals surface area contributed by atoms with Crippen molar-refractivity contribution < 1.29 is 24.7 Å². The fourth-order valence-electron chi connectivity index (χ4n) is 1.05. The number of nitrogens with zero attached hydrogens (tertiary/aromatic N) is 1. The van der Waals surface area contributed by atoms with Gasteiger partial charge in [0.05, 0.1) is 16.9 Å². The highest BCUT2D eigenvalue weighted by atomic mass is 32.2. The molecule has 17 heavy (non-hydrogen) atoms. The summed E-state index contributed by atoms with van der Waals surface area (Å²) in [4.78, 5) is 30.7. The van der Waals surface area contributed by atoms with Crippen LogP contribution in [-0.4, -0.2) is 22.6 Å². The molecular weight excluding hydrogens is 250 g/mol. The Balaban J connectivity index is 3.08. The summed E-state index contributed by atoms with van der Waals surface area (Å²) in [6.07, 6.45) is 0. The van der Waals surface area contributed by atoms with Gasteiger partial charge in [0.25, 0.3) is 5.69 Å². The van der Waals surface area contributed by atoms with Crippen molar-refractivity contribution in [3.8, 4) is 0 Å². The third-order valence-electron chi connectivity index (χ3n) is 1.74. The van der Waals surface area contributed by atoms with Crippen LogP contribution in [0.25, 0.3) is 0 Å². The van der Waals surface area contributed by atoms with E-state index in [1.165, 1.54) is 0 Å². The lowest BCUT2D eigenvalue weighted by molar-refractivity contribution is -0.385. The van der Waals surface area contributed by atoms with Gasteiger partial charge in [-0.05, 0) is 6.07 Å². The SMILES string of the molecule is O=C([O-])CSc1ccc([N+](=O)[O-])cc1C(=O)[O-]. The predicted octanol–water partition coefficient (Wildman–Crippen LogP) is -1.20. The number of thioether (sulfide) groups is 1. The van der Waals surface area contributed by atoms with E-state index in [0.29, 0.717) is 11.8 Å². The summed E-state index contributed by atoms with van der Waals surface area (Å²) in [6.45, 7) is 0. The number of benzene rings is 1. The van der Waals surface area contributed by atoms with E-state index in [4.69, 9.17) is 0 Å². The van der Waals surface area contributed by atoms with Crippen molar-refractivity contribution in [2.75, 3.05) is 5.75 Å². The van der Waals surface area contributed by atoms with Crippen molar-refractivity contribution >= 4 is 29.4 Å². The molecule has 0 amide bonds. The number of carboxylic acid groups (broad SMARTS) is 2. The molecule has 0 spiro atoms. The summed E-state index contributed by atoms with van der Waals surface area (Å²) in [6, 6.07) is 3.08. The Morgan fingerprint density at radius 1 is 1.29 bits per heavy atom. The predicted molar refractivity (Wildman–Crippen MR) is 53.2 cm³/mol. The maximum absolute atomic E-state index is 10.7. The summed E-state index contributed by atoms with van der Waals surface area (Å²) in [5.74, 6) is -3.41. The van der Waals surface area contributed by atoms with Crippen LogP contribution >= 0.6 is 11.8 Å². The van der Waals surface area contributed by atoms with Crippen LogP contribution in [0, 0.1) is 10.1 Å². The molecule has 0 bridgehead atoms. The van der Waals surface area contributed by atoms with E-state index in [1.807, 2.05) is 0 Å². The van der Waals surface area contributed by atoms with Crippen molar-refractivity contribution in [1.82, 2.24) is 0 Å². The molecule has 8 heteroatoms. The van der Waals surface area contributed by atoms with Gasteiger partial charge in [0.1, 0.15) is 0 Å². The van der Waals surface area contributed by atoms with Gasteiger partial charge >= 0.3 is 0 Å². The van der Waals surface area contributed by atoms with Crippen LogP contribution in [0.15, 0.2) is 23.1 Å². The molecule has 0 atom stereocenters. The number of nitro groups is 1. The quantitative estimate of drug-likeness (QED) is 0.367. The van der Waals surface area contributed by atoms with Crippen LogP contribution in [0.4, 0.5) is 5.69 Å². The van der Waals surface area contributed by atoms with Gasteiger partial charge in [-0.3, -0.25) is 10.1 Å². The first-order chi connectivity index (χ1) is 7.91. The van der Waals surface area contributed by atoms with E-state index < -0.39 is 33.9 Å². The first-order valence-corrected chi connectivity index (χ1v) is 5.23. The lowest BCUT2D eigenvalue weighted by Gasteiger charge is -2.09. The number of hydrogen-bond donors (Lipinski definition) is 0. The van der Waals surface area contributed by atoms with E-state index in [9.17, 15) is 29.9 Å². The number of aliphatic carboxylic acids is 1. The molecule has 0 heterocycles. The van der Waals surface area contributed by atoms with Gasteiger partial charge in [-0.15, -0.1) is 11.8 Å². The number of hydrogen-bond acceptors (Lipinski definition) is 7. The third-order valence-corrected chi connectivity index (χ3v) is 2.79. The highest BCUT2D eigenvalue weighted by Gasteiger charge is 2.11. The van der Waals surface area contributed by atoms with Gasteiger partial charge in [0.15, 0.2) is 0 Å². The number of aromatic carboxylic acids is 1. The molecule has 0 aliphatic carbocycles. The Kier molecular flexibility index (Phi) is 4.05. The zero-order chi connectivity index (χ0) is 13.0. The first-order valence-electron chi connectivity index (χ1n) is 4.24. The van der Waals surface area contributed by atoms with Crippen molar-refractivity contribution in [3.05, 3.63) is 33.9 Å². The number of carbonyl (C=O) groups is 2. The molecule has 1 aromatic carbocycles. The second kappa shape index (κ2) is 5.30. The van der Waals surface area contributed by atoms with Crippen molar-refractivity contribution in [1.29, 1.82) is 0 Å². The summed E-state index contributed by atoms with van der Waals surface area (Å²) >= 11 is 0.698. The van der Waals surface area contributed by atoms with E-state index in [2.05, 4.69) is 0 Å². The molecule has 0 saturated heterocycles. The third kappa shape index (κ3) is 3.45. The van der Waals surface area contributed by atoms with Crippen LogP contribution < -0.4 is 10.2 Å². The van der Waals surface area contributed by atoms with Gasteiger partial charge in [-0.1, -0.05) is 0 Å². The first kappa shape index (κ1) is 13.0. The lowest BCUT2D eigenvalue weighted by Crippen LogP contribution is -2.25. The topological polar surface area (TPSA) is 123 Å². The Bertz CT molecular complexity index is 486. The Labute approximate surface area is 99.2 Å². The van der Waals surface area contributed by atoms with E-state index in [0.717, 1.165) is 18.2 Å². The maximum Gasteiger partial charge on any atom is 0.270 e. The molecule has 0 saturated carbocycles. The van der Waals surface area contributed by atoms with Crippen LogP contribution in [0.3, 0.4) is 0 Å². The molecule has 0 fully saturated rings. The average molecular weight is 255 g/mol. The van der Waals surface area contributed by atoms with Gasteiger partial charge < -0.3 is 19.8 Å². The standard InChI is InChI=1S/C9H7NO6S/c11-8(12)4-17-7-2-1-5(10(15)16)3-6(7)9(13)14/h1-3H,4H2,(H,11,12)(H,13,14)/p-2. The molecule has 90 valence electrons. The highest BCUT2D eigenvalue weighted by molar-refractivity contribution is 8.00. The molecule has 0 aliphatic heterocycles. The molecule has 0 aliphatic rings. The van der Waals surface area contributed by atoms with E-state index in [-0.39, 0.29) is 4.90 Å². The zero-order valence-corrected chi connectivity index (χ0v) is 9.06. The monoisotopic (exact) mass is 255 g/mol.